The summed E-state index contributed by atoms with van der Waals surface area (Å²) >= 11 is 1.62. The average molecular weight is 275 g/mol. The van der Waals surface area contributed by atoms with Crippen molar-refractivity contribution in [3.05, 3.63) is 64.2 Å². The lowest BCUT2D eigenvalue weighted by Gasteiger charge is -2.04. The second-order valence-corrected chi connectivity index (χ2v) is 4.94. The number of nitrogens with zero attached hydrogens (tertiary/aromatic N) is 1. The monoisotopic (exact) mass is 275 g/mol. The van der Waals surface area contributed by atoms with Gasteiger partial charge in [0.1, 0.15) is 5.75 Å². The number of methoxy groups -OCH3 is 1. The Morgan fingerprint density at radius 1 is 1.21 bits per heavy atom. The van der Waals surface area contributed by atoms with Crippen molar-refractivity contribution < 1.29 is 9.66 Å². The lowest BCUT2D eigenvalue weighted by atomic mass is 10.2. The van der Waals surface area contributed by atoms with Crippen LogP contribution in [0.3, 0.4) is 0 Å². The van der Waals surface area contributed by atoms with Crippen molar-refractivity contribution in [1.29, 1.82) is 0 Å². The fraction of sp³-hybridized carbons (Fsp3) is 0.143. The Labute approximate surface area is 115 Å². The number of non-ortho nitro benzene ring substituents is 1. The Balaban J connectivity index is 2.05. The first-order chi connectivity index (χ1) is 9.19. The zero-order chi connectivity index (χ0) is 13.7. The molecule has 0 fully saturated rings. The molecule has 0 bridgehead atoms. The van der Waals surface area contributed by atoms with Gasteiger partial charge in [-0.05, 0) is 23.8 Å². The molecule has 5 heteroatoms. The lowest BCUT2D eigenvalue weighted by Crippen LogP contribution is -1.89. The summed E-state index contributed by atoms with van der Waals surface area (Å²) in [5.74, 6) is 1.50. The molecule has 2 rings (SSSR count). The normalized spacial score (nSPS) is 10.2. The number of hydrogen-bond donors (Lipinski definition) is 0. The average Bonchev–Trinajstić information content (AvgIpc) is 2.45. The topological polar surface area (TPSA) is 52.4 Å². The first-order valence-electron chi connectivity index (χ1n) is 5.69. The van der Waals surface area contributed by atoms with Crippen molar-refractivity contribution in [2.45, 2.75) is 10.6 Å². The van der Waals surface area contributed by atoms with E-state index in [0.29, 0.717) is 5.75 Å². The predicted molar refractivity (Wildman–Crippen MR) is 75.7 cm³/mol. The van der Waals surface area contributed by atoms with Gasteiger partial charge in [-0.3, -0.25) is 10.1 Å². The maximum Gasteiger partial charge on any atom is 0.269 e. The minimum absolute atomic E-state index is 0.128. The van der Waals surface area contributed by atoms with Gasteiger partial charge in [-0.1, -0.05) is 18.2 Å². The van der Waals surface area contributed by atoms with Crippen molar-refractivity contribution >= 4 is 17.4 Å². The fourth-order valence-corrected chi connectivity index (χ4v) is 2.50. The van der Waals surface area contributed by atoms with Crippen LogP contribution in [0.1, 0.15) is 5.56 Å². The number of thioether (sulfide) groups is 1. The summed E-state index contributed by atoms with van der Waals surface area (Å²) in [6, 6.07) is 14.4. The number of benzene rings is 2. The van der Waals surface area contributed by atoms with Crippen LogP contribution in [0.2, 0.25) is 0 Å². The molecule has 2 aromatic rings. The van der Waals surface area contributed by atoms with E-state index in [2.05, 4.69) is 0 Å². The van der Waals surface area contributed by atoms with Gasteiger partial charge in [0, 0.05) is 22.8 Å². The van der Waals surface area contributed by atoms with Crippen molar-refractivity contribution in [3.63, 3.8) is 0 Å². The summed E-state index contributed by atoms with van der Waals surface area (Å²) in [5.41, 5.74) is 1.06. The van der Waals surface area contributed by atoms with Crippen LogP contribution in [0.15, 0.2) is 53.4 Å². The molecule has 0 saturated carbocycles. The molecule has 0 spiro atoms. The highest BCUT2D eigenvalue weighted by Crippen LogP contribution is 2.27. The number of rotatable bonds is 5. The van der Waals surface area contributed by atoms with E-state index in [1.54, 1.807) is 31.0 Å². The van der Waals surface area contributed by atoms with Crippen LogP contribution in [-0.4, -0.2) is 12.0 Å². The Morgan fingerprint density at radius 3 is 2.74 bits per heavy atom. The van der Waals surface area contributed by atoms with Crippen LogP contribution in [-0.2, 0) is 5.75 Å². The molecule has 0 aliphatic heterocycles. The van der Waals surface area contributed by atoms with Gasteiger partial charge in [-0.2, -0.15) is 0 Å². The largest absolute Gasteiger partial charge is 0.497 e. The SMILES string of the molecule is COc1cccc(SCc2cccc([N+](=O)[O-])c2)c1. The molecule has 0 radical (unpaired) electrons. The molecule has 0 N–H and O–H groups in total. The summed E-state index contributed by atoms with van der Waals surface area (Å²) in [6.45, 7) is 0. The van der Waals surface area contributed by atoms with Crippen molar-refractivity contribution in [1.82, 2.24) is 0 Å². The molecular formula is C14H13NO3S. The van der Waals surface area contributed by atoms with Crippen LogP contribution >= 0.6 is 11.8 Å². The Bertz CT molecular complexity index is 586. The van der Waals surface area contributed by atoms with Crippen molar-refractivity contribution in [3.8, 4) is 5.75 Å². The molecule has 0 unspecified atom stereocenters. The zero-order valence-corrected chi connectivity index (χ0v) is 11.2. The number of hydrogen-bond acceptors (Lipinski definition) is 4. The van der Waals surface area contributed by atoms with E-state index >= 15 is 0 Å². The van der Waals surface area contributed by atoms with Crippen LogP contribution < -0.4 is 4.74 Å². The maximum absolute atomic E-state index is 10.7. The fourth-order valence-electron chi connectivity index (χ4n) is 1.62. The van der Waals surface area contributed by atoms with Gasteiger partial charge >= 0.3 is 0 Å². The van der Waals surface area contributed by atoms with Gasteiger partial charge in [0.15, 0.2) is 0 Å². The van der Waals surface area contributed by atoms with Crippen molar-refractivity contribution in [2.75, 3.05) is 7.11 Å². The highest BCUT2D eigenvalue weighted by Gasteiger charge is 2.06. The van der Waals surface area contributed by atoms with E-state index in [-0.39, 0.29) is 10.6 Å². The highest BCUT2D eigenvalue weighted by atomic mass is 32.2. The molecule has 19 heavy (non-hydrogen) atoms. The molecule has 0 saturated heterocycles. The summed E-state index contributed by atoms with van der Waals surface area (Å²) in [6.07, 6.45) is 0. The van der Waals surface area contributed by atoms with Crippen molar-refractivity contribution in [2.24, 2.45) is 0 Å². The predicted octanol–water partition coefficient (Wildman–Crippen LogP) is 3.90. The van der Waals surface area contributed by atoms with Gasteiger partial charge in [-0.25, -0.2) is 0 Å². The molecule has 0 amide bonds. The van der Waals surface area contributed by atoms with E-state index in [1.165, 1.54) is 6.07 Å². The number of ether oxygens (including phenoxy) is 1. The third-order valence-electron chi connectivity index (χ3n) is 2.57. The van der Waals surface area contributed by atoms with E-state index in [1.807, 2.05) is 30.3 Å². The van der Waals surface area contributed by atoms with Gasteiger partial charge in [0.05, 0.1) is 12.0 Å². The van der Waals surface area contributed by atoms with Gasteiger partial charge < -0.3 is 4.74 Å². The quantitative estimate of drug-likeness (QED) is 0.472. The maximum atomic E-state index is 10.7. The number of nitro benzene ring substituents is 1. The van der Waals surface area contributed by atoms with Gasteiger partial charge in [0.2, 0.25) is 0 Å². The Hall–Kier alpha value is -2.01. The third kappa shape index (κ3) is 3.72. The van der Waals surface area contributed by atoms with Crippen LogP contribution in [0, 0.1) is 10.1 Å². The molecule has 0 heterocycles. The summed E-state index contributed by atoms with van der Waals surface area (Å²) in [4.78, 5) is 11.4. The highest BCUT2D eigenvalue weighted by molar-refractivity contribution is 7.98. The Morgan fingerprint density at radius 2 is 2.00 bits per heavy atom. The Kier molecular flexibility index (Phi) is 4.41. The van der Waals surface area contributed by atoms with E-state index < -0.39 is 0 Å². The second-order valence-electron chi connectivity index (χ2n) is 3.89. The van der Waals surface area contributed by atoms with E-state index in [4.69, 9.17) is 4.74 Å². The van der Waals surface area contributed by atoms with Crippen LogP contribution in [0.5, 0.6) is 5.75 Å². The molecule has 0 aromatic heterocycles. The molecule has 0 atom stereocenters. The first kappa shape index (κ1) is 13.4. The second kappa shape index (κ2) is 6.24. The van der Waals surface area contributed by atoms with Crippen LogP contribution in [0.4, 0.5) is 5.69 Å². The van der Waals surface area contributed by atoms with Gasteiger partial charge in [-0.15, -0.1) is 11.8 Å². The molecule has 0 aliphatic carbocycles. The van der Waals surface area contributed by atoms with Crippen LogP contribution in [0.25, 0.3) is 0 Å². The van der Waals surface area contributed by atoms with E-state index in [9.17, 15) is 10.1 Å². The minimum Gasteiger partial charge on any atom is -0.497 e. The summed E-state index contributed by atoms with van der Waals surface area (Å²) in [5, 5.41) is 10.7. The molecular weight excluding hydrogens is 262 g/mol. The minimum atomic E-state index is -0.375. The number of nitro groups is 1. The molecule has 2 aromatic carbocycles. The standard InChI is InChI=1S/C14H13NO3S/c1-18-13-6-3-7-14(9-13)19-10-11-4-2-5-12(8-11)15(16)17/h2-9H,10H2,1H3. The third-order valence-corrected chi connectivity index (χ3v) is 3.63. The molecule has 4 nitrogen and oxygen atoms in total. The zero-order valence-electron chi connectivity index (χ0n) is 10.4. The van der Waals surface area contributed by atoms with Gasteiger partial charge in [0.25, 0.3) is 5.69 Å². The summed E-state index contributed by atoms with van der Waals surface area (Å²) in [7, 11) is 1.63. The lowest BCUT2D eigenvalue weighted by molar-refractivity contribution is -0.384. The first-order valence-corrected chi connectivity index (χ1v) is 6.68. The molecule has 98 valence electrons. The molecule has 0 aliphatic rings. The summed E-state index contributed by atoms with van der Waals surface area (Å²) < 4.78 is 5.15. The van der Waals surface area contributed by atoms with E-state index in [0.717, 1.165) is 16.2 Å². The smallest absolute Gasteiger partial charge is 0.269 e.